The van der Waals surface area contributed by atoms with E-state index in [0.717, 1.165) is 11.6 Å². The van der Waals surface area contributed by atoms with Gasteiger partial charge in [0.05, 0.1) is 5.52 Å². The molecule has 26 heavy (non-hydrogen) atoms. The van der Waals surface area contributed by atoms with Crippen molar-refractivity contribution in [3.8, 4) is 0 Å². The van der Waals surface area contributed by atoms with Crippen molar-refractivity contribution in [2.45, 2.75) is 5.54 Å². The van der Waals surface area contributed by atoms with Crippen molar-refractivity contribution < 1.29 is 14.7 Å². The maximum atomic E-state index is 12.0. The van der Waals surface area contributed by atoms with Gasteiger partial charge in [0.1, 0.15) is 0 Å². The van der Waals surface area contributed by atoms with E-state index in [0.29, 0.717) is 11.8 Å². The van der Waals surface area contributed by atoms with Gasteiger partial charge in [-0.3, -0.25) is 14.6 Å². The lowest BCUT2D eigenvalue weighted by molar-refractivity contribution is -0.109. The number of ketones is 1. The Morgan fingerprint density at radius 3 is 2.31 bits per heavy atom. The smallest absolute Gasteiger partial charge is 0.229 e. The van der Waals surface area contributed by atoms with Crippen LogP contribution in [-0.2, 0) is 4.79 Å². The van der Waals surface area contributed by atoms with Crippen molar-refractivity contribution in [2.24, 2.45) is 10.2 Å². The van der Waals surface area contributed by atoms with Gasteiger partial charge in [0, 0.05) is 23.2 Å². The summed E-state index contributed by atoms with van der Waals surface area (Å²) < 4.78 is 0. The lowest BCUT2D eigenvalue weighted by Gasteiger charge is -2.12. The molecular weight excluding hydrogens is 330 g/mol. The first kappa shape index (κ1) is 17.2. The number of rotatable bonds is 3. The zero-order valence-corrected chi connectivity index (χ0v) is 13.7. The molecule has 128 valence electrons. The van der Waals surface area contributed by atoms with Crippen molar-refractivity contribution in [1.29, 1.82) is 0 Å². The van der Waals surface area contributed by atoms with Crippen molar-refractivity contribution in [3.05, 3.63) is 90.4 Å². The van der Waals surface area contributed by atoms with Crippen LogP contribution in [0.25, 0.3) is 10.9 Å². The maximum absolute atomic E-state index is 12.0. The summed E-state index contributed by atoms with van der Waals surface area (Å²) in [6.45, 7) is 0. The number of benzene rings is 2. The fourth-order valence-electron chi connectivity index (χ4n) is 2.45. The number of azo groups is 1. The summed E-state index contributed by atoms with van der Waals surface area (Å²) in [5.41, 5.74) is -0.296. The number of aliphatic hydroxyl groups excluding tert-OH is 1. The average molecular weight is 345 g/mol. The van der Waals surface area contributed by atoms with Gasteiger partial charge in [-0.05, 0) is 12.1 Å². The van der Waals surface area contributed by atoms with E-state index in [1.165, 1.54) is 5.39 Å². The Bertz CT molecular complexity index is 934. The second-order valence-electron chi connectivity index (χ2n) is 5.54. The van der Waals surface area contributed by atoms with Crippen LogP contribution >= 0.6 is 0 Å². The van der Waals surface area contributed by atoms with Gasteiger partial charge in [-0.1, -0.05) is 54.6 Å². The van der Waals surface area contributed by atoms with Crippen molar-refractivity contribution in [2.75, 3.05) is 0 Å². The monoisotopic (exact) mass is 345 g/mol. The highest BCUT2D eigenvalue weighted by Gasteiger charge is 2.41. The summed E-state index contributed by atoms with van der Waals surface area (Å²) in [4.78, 5) is 27.1. The number of pyridine rings is 1. The molecule has 6 nitrogen and oxygen atoms in total. The van der Waals surface area contributed by atoms with Crippen LogP contribution in [0.15, 0.2) is 95.1 Å². The SMILES string of the molecule is O=CC1(C(=O)c2ccccc2)C=C(O)N=N1.c1ccc2ncccc2c1. The predicted molar refractivity (Wildman–Crippen MR) is 96.9 cm³/mol. The molecule has 0 amide bonds. The number of aromatic nitrogens is 1. The van der Waals surface area contributed by atoms with E-state index in [1.54, 1.807) is 30.3 Å². The summed E-state index contributed by atoms with van der Waals surface area (Å²) in [5, 5.41) is 17.1. The zero-order chi connectivity index (χ0) is 18.4. The largest absolute Gasteiger partial charge is 0.492 e. The lowest BCUT2D eigenvalue weighted by Crippen LogP contribution is -2.35. The number of aldehydes is 1. The molecule has 1 N–H and O–H groups in total. The van der Waals surface area contributed by atoms with Crippen LogP contribution in [0.4, 0.5) is 0 Å². The molecule has 2 aromatic carbocycles. The van der Waals surface area contributed by atoms with Crippen LogP contribution in [0.3, 0.4) is 0 Å². The van der Waals surface area contributed by atoms with Gasteiger partial charge < -0.3 is 5.11 Å². The van der Waals surface area contributed by atoms with Crippen LogP contribution < -0.4 is 0 Å². The highest BCUT2D eigenvalue weighted by atomic mass is 16.3. The first-order valence-electron chi connectivity index (χ1n) is 7.85. The maximum Gasteiger partial charge on any atom is 0.229 e. The van der Waals surface area contributed by atoms with Gasteiger partial charge in [-0.25, -0.2) is 0 Å². The molecular formula is C20H15N3O3. The van der Waals surface area contributed by atoms with Crippen molar-refractivity contribution >= 4 is 23.0 Å². The fourth-order valence-corrected chi connectivity index (χ4v) is 2.45. The van der Waals surface area contributed by atoms with E-state index in [1.807, 2.05) is 30.5 Å². The predicted octanol–water partition coefficient (Wildman–Crippen LogP) is 3.91. The normalized spacial score (nSPS) is 17.9. The average Bonchev–Trinajstić information content (AvgIpc) is 3.11. The summed E-state index contributed by atoms with van der Waals surface area (Å²) in [5.74, 6) is -0.924. The number of para-hydroxylation sites is 1. The molecule has 0 bridgehead atoms. The molecule has 0 aliphatic carbocycles. The molecule has 0 radical (unpaired) electrons. The number of carbonyl (C=O) groups is 2. The van der Waals surface area contributed by atoms with E-state index in [2.05, 4.69) is 27.3 Å². The molecule has 1 unspecified atom stereocenters. The number of hydrogen-bond acceptors (Lipinski definition) is 6. The molecule has 0 saturated heterocycles. The molecule has 0 spiro atoms. The molecule has 1 aliphatic rings. The number of fused-ring (bicyclic) bond motifs is 1. The Morgan fingerprint density at radius 2 is 1.65 bits per heavy atom. The lowest BCUT2D eigenvalue weighted by atomic mass is 9.92. The van der Waals surface area contributed by atoms with E-state index in [9.17, 15) is 9.59 Å². The highest BCUT2D eigenvalue weighted by Crippen LogP contribution is 2.25. The van der Waals surface area contributed by atoms with Gasteiger partial charge in [-0.15, -0.1) is 5.11 Å². The van der Waals surface area contributed by atoms with Crippen molar-refractivity contribution in [3.63, 3.8) is 0 Å². The van der Waals surface area contributed by atoms with Crippen LogP contribution in [0.5, 0.6) is 0 Å². The third-order valence-corrected chi connectivity index (χ3v) is 3.76. The molecule has 0 fully saturated rings. The number of aliphatic hydroxyl groups is 1. The van der Waals surface area contributed by atoms with Gasteiger partial charge in [0.25, 0.3) is 0 Å². The summed E-state index contributed by atoms with van der Waals surface area (Å²) >= 11 is 0. The van der Waals surface area contributed by atoms with Crippen LogP contribution in [0, 0.1) is 0 Å². The number of Topliss-reactive ketones (excluding diaryl/α,β-unsaturated/α-hetero) is 1. The summed E-state index contributed by atoms with van der Waals surface area (Å²) in [6, 6.07) is 20.4. The van der Waals surface area contributed by atoms with Crippen LogP contribution in [-0.4, -0.2) is 27.7 Å². The Balaban J connectivity index is 0.000000167. The van der Waals surface area contributed by atoms with E-state index in [4.69, 9.17) is 5.11 Å². The molecule has 6 heteroatoms. The van der Waals surface area contributed by atoms with Crippen molar-refractivity contribution in [1.82, 2.24) is 4.98 Å². The molecule has 4 rings (SSSR count). The molecule has 0 saturated carbocycles. The summed E-state index contributed by atoms with van der Waals surface area (Å²) in [7, 11) is 0. The first-order valence-corrected chi connectivity index (χ1v) is 7.85. The van der Waals surface area contributed by atoms with Gasteiger partial charge in [-0.2, -0.15) is 5.11 Å². The first-order chi connectivity index (χ1) is 12.6. The second-order valence-corrected chi connectivity index (χ2v) is 5.54. The number of hydrogen-bond donors (Lipinski definition) is 1. The Kier molecular flexibility index (Phi) is 4.94. The van der Waals surface area contributed by atoms with E-state index < -0.39 is 17.2 Å². The Hall–Kier alpha value is -3.67. The quantitative estimate of drug-likeness (QED) is 0.442. The minimum Gasteiger partial charge on any atom is -0.492 e. The molecule has 1 atom stereocenters. The second kappa shape index (κ2) is 7.48. The van der Waals surface area contributed by atoms with Gasteiger partial charge in [0.2, 0.25) is 17.2 Å². The molecule has 1 aromatic heterocycles. The Labute approximate surface area is 149 Å². The minimum absolute atomic E-state index is 0.347. The third kappa shape index (κ3) is 3.54. The van der Waals surface area contributed by atoms with E-state index >= 15 is 0 Å². The molecule has 2 heterocycles. The Morgan fingerprint density at radius 1 is 0.962 bits per heavy atom. The standard InChI is InChI=1S/C11H8N2O3.C9H7N/c14-7-11(6-9(15)12-13-11)10(16)8-4-2-1-3-5-8;1-2-6-9-8(4-1)5-3-7-10-9/h1-7,15H;1-7H. The minimum atomic E-state index is -1.70. The van der Waals surface area contributed by atoms with E-state index in [-0.39, 0.29) is 0 Å². The van der Waals surface area contributed by atoms with Crippen LogP contribution in [0.2, 0.25) is 0 Å². The number of carbonyl (C=O) groups excluding carboxylic acids is 2. The zero-order valence-electron chi connectivity index (χ0n) is 13.7. The summed E-state index contributed by atoms with van der Waals surface area (Å²) in [6.07, 6.45) is 3.22. The molecule has 3 aromatic rings. The van der Waals surface area contributed by atoms with Crippen LogP contribution in [0.1, 0.15) is 10.4 Å². The third-order valence-electron chi connectivity index (χ3n) is 3.76. The fraction of sp³-hybridized carbons (Fsp3) is 0.0500. The van der Waals surface area contributed by atoms with Gasteiger partial charge in [0.15, 0.2) is 6.29 Å². The highest BCUT2D eigenvalue weighted by molar-refractivity contribution is 6.14. The molecule has 1 aliphatic heterocycles. The topological polar surface area (TPSA) is 92.0 Å². The number of nitrogens with zero attached hydrogens (tertiary/aromatic N) is 3. The van der Waals surface area contributed by atoms with Gasteiger partial charge >= 0.3 is 0 Å².